The molecule has 1 aliphatic rings. The predicted octanol–water partition coefficient (Wildman–Crippen LogP) is 0.0204. The van der Waals surface area contributed by atoms with Gasteiger partial charge in [0.2, 0.25) is 11.8 Å². The number of ether oxygens (including phenoxy) is 1. The predicted molar refractivity (Wildman–Crippen MR) is 64.7 cm³/mol. The zero-order valence-electron chi connectivity index (χ0n) is 11.0. The van der Waals surface area contributed by atoms with E-state index in [9.17, 15) is 14.4 Å². The van der Waals surface area contributed by atoms with Gasteiger partial charge in [-0.05, 0) is 26.4 Å². The third-order valence-corrected chi connectivity index (χ3v) is 2.93. The average molecular weight is 256 g/mol. The molecule has 18 heavy (non-hydrogen) atoms. The highest BCUT2D eigenvalue weighted by Gasteiger charge is 2.26. The lowest BCUT2D eigenvalue weighted by Crippen LogP contribution is -2.39. The minimum Gasteiger partial charge on any atom is -0.469 e. The molecule has 1 rings (SSSR count). The van der Waals surface area contributed by atoms with E-state index in [4.69, 9.17) is 0 Å². The average Bonchev–Trinajstić information content (AvgIpc) is 2.75. The van der Waals surface area contributed by atoms with Crippen LogP contribution in [0.2, 0.25) is 0 Å². The lowest BCUT2D eigenvalue weighted by Gasteiger charge is -2.19. The number of imide groups is 1. The van der Waals surface area contributed by atoms with E-state index in [0.29, 0.717) is 32.4 Å². The summed E-state index contributed by atoms with van der Waals surface area (Å²) >= 11 is 0. The van der Waals surface area contributed by atoms with E-state index >= 15 is 0 Å². The summed E-state index contributed by atoms with van der Waals surface area (Å²) < 4.78 is 4.53. The van der Waals surface area contributed by atoms with Gasteiger partial charge in [-0.1, -0.05) is 0 Å². The molecule has 0 radical (unpaired) electrons. The van der Waals surface area contributed by atoms with E-state index < -0.39 is 0 Å². The highest BCUT2D eigenvalue weighted by molar-refractivity contribution is 5.97. The van der Waals surface area contributed by atoms with E-state index in [-0.39, 0.29) is 24.3 Å². The number of nitrogens with zero attached hydrogens (tertiary/aromatic N) is 2. The van der Waals surface area contributed by atoms with E-state index in [2.05, 4.69) is 4.74 Å². The quantitative estimate of drug-likeness (QED) is 0.627. The second-order valence-electron chi connectivity index (χ2n) is 4.46. The van der Waals surface area contributed by atoms with Crippen LogP contribution in [0.5, 0.6) is 0 Å². The Hall–Kier alpha value is -1.43. The minimum atomic E-state index is -0.246. The first-order valence-corrected chi connectivity index (χ1v) is 6.13. The molecule has 1 saturated heterocycles. The number of amides is 2. The van der Waals surface area contributed by atoms with E-state index in [0.717, 1.165) is 6.42 Å². The van der Waals surface area contributed by atoms with Crippen LogP contribution in [0.15, 0.2) is 0 Å². The van der Waals surface area contributed by atoms with Gasteiger partial charge in [0.25, 0.3) is 0 Å². The van der Waals surface area contributed by atoms with Gasteiger partial charge in [0.05, 0.1) is 13.7 Å². The van der Waals surface area contributed by atoms with Crippen molar-refractivity contribution >= 4 is 17.8 Å². The Bertz CT molecular complexity index is 330. The Morgan fingerprint density at radius 3 is 2.72 bits per heavy atom. The molecule has 0 aromatic carbocycles. The van der Waals surface area contributed by atoms with Crippen molar-refractivity contribution in [1.29, 1.82) is 0 Å². The molecule has 0 aromatic rings. The van der Waals surface area contributed by atoms with Crippen LogP contribution in [-0.2, 0) is 19.1 Å². The van der Waals surface area contributed by atoms with Gasteiger partial charge in [0.1, 0.15) is 0 Å². The molecule has 0 unspecified atom stereocenters. The lowest BCUT2D eigenvalue weighted by atomic mass is 10.3. The maximum absolute atomic E-state index is 11.8. The largest absolute Gasteiger partial charge is 0.469 e. The summed E-state index contributed by atoms with van der Waals surface area (Å²) in [5.74, 6) is -0.481. The second-order valence-corrected chi connectivity index (χ2v) is 4.46. The van der Waals surface area contributed by atoms with Crippen molar-refractivity contribution in [3.63, 3.8) is 0 Å². The minimum absolute atomic E-state index is 0.0806. The highest BCUT2D eigenvalue weighted by Crippen LogP contribution is 2.10. The molecule has 0 N–H and O–H groups in total. The Morgan fingerprint density at radius 2 is 2.17 bits per heavy atom. The van der Waals surface area contributed by atoms with Gasteiger partial charge in [-0.3, -0.25) is 24.2 Å². The molecule has 0 saturated carbocycles. The molecule has 0 bridgehead atoms. The van der Waals surface area contributed by atoms with Gasteiger partial charge in [-0.15, -0.1) is 0 Å². The fourth-order valence-electron chi connectivity index (χ4n) is 1.90. The van der Waals surface area contributed by atoms with Crippen LogP contribution in [0.4, 0.5) is 0 Å². The zero-order chi connectivity index (χ0) is 13.5. The van der Waals surface area contributed by atoms with Crippen LogP contribution in [0.1, 0.15) is 25.7 Å². The van der Waals surface area contributed by atoms with Crippen LogP contribution in [0.25, 0.3) is 0 Å². The van der Waals surface area contributed by atoms with Gasteiger partial charge < -0.3 is 4.74 Å². The van der Waals surface area contributed by atoms with Crippen molar-refractivity contribution in [2.75, 3.05) is 33.8 Å². The molecule has 0 aliphatic carbocycles. The molecule has 0 spiro atoms. The standard InChI is InChI=1S/C12H20N2O4/c1-13(7-4-6-12(17)18-2)9-11(16)14-8-3-5-10(14)15/h3-9H2,1-2H3. The molecule has 1 aliphatic heterocycles. The molecule has 6 heteroatoms. The third-order valence-electron chi connectivity index (χ3n) is 2.93. The lowest BCUT2D eigenvalue weighted by molar-refractivity contribution is -0.142. The van der Waals surface area contributed by atoms with Gasteiger partial charge in [-0.25, -0.2) is 0 Å². The summed E-state index contributed by atoms with van der Waals surface area (Å²) in [5.41, 5.74) is 0. The second kappa shape index (κ2) is 7.10. The van der Waals surface area contributed by atoms with Crippen molar-refractivity contribution in [2.45, 2.75) is 25.7 Å². The monoisotopic (exact) mass is 256 g/mol. The fraction of sp³-hybridized carbons (Fsp3) is 0.750. The van der Waals surface area contributed by atoms with Gasteiger partial charge in [-0.2, -0.15) is 0 Å². The highest BCUT2D eigenvalue weighted by atomic mass is 16.5. The molecule has 6 nitrogen and oxygen atoms in total. The summed E-state index contributed by atoms with van der Waals surface area (Å²) in [6.45, 7) is 1.38. The number of esters is 1. The topological polar surface area (TPSA) is 66.9 Å². The Morgan fingerprint density at radius 1 is 1.44 bits per heavy atom. The normalized spacial score (nSPS) is 15.3. The van der Waals surface area contributed by atoms with Crippen molar-refractivity contribution in [3.05, 3.63) is 0 Å². The number of rotatable bonds is 6. The number of likely N-dealkylation sites (tertiary alicyclic amines) is 1. The number of hydrogen-bond acceptors (Lipinski definition) is 5. The zero-order valence-corrected chi connectivity index (χ0v) is 11.0. The maximum Gasteiger partial charge on any atom is 0.305 e. The van der Waals surface area contributed by atoms with Crippen molar-refractivity contribution in [2.24, 2.45) is 0 Å². The first-order chi connectivity index (χ1) is 8.54. The van der Waals surface area contributed by atoms with Crippen molar-refractivity contribution in [3.8, 4) is 0 Å². The maximum atomic E-state index is 11.8. The molecule has 1 heterocycles. The van der Waals surface area contributed by atoms with E-state index in [1.807, 2.05) is 4.90 Å². The molecule has 102 valence electrons. The molecular formula is C12H20N2O4. The fourth-order valence-corrected chi connectivity index (χ4v) is 1.90. The Labute approximate surface area is 107 Å². The van der Waals surface area contributed by atoms with E-state index in [1.165, 1.54) is 12.0 Å². The van der Waals surface area contributed by atoms with Gasteiger partial charge in [0, 0.05) is 19.4 Å². The summed E-state index contributed by atoms with van der Waals surface area (Å²) in [5, 5.41) is 0. The van der Waals surface area contributed by atoms with Crippen LogP contribution >= 0.6 is 0 Å². The SMILES string of the molecule is COC(=O)CCCN(C)CC(=O)N1CCCC1=O. The van der Waals surface area contributed by atoms with Crippen LogP contribution in [-0.4, -0.2) is 61.4 Å². The molecule has 0 atom stereocenters. The Kier molecular flexibility index (Phi) is 5.77. The van der Waals surface area contributed by atoms with Crippen molar-refractivity contribution in [1.82, 2.24) is 9.80 Å². The molecule has 0 aromatic heterocycles. The number of likely N-dealkylation sites (N-methyl/N-ethyl adjacent to an activating group) is 1. The summed E-state index contributed by atoms with van der Waals surface area (Å²) in [4.78, 5) is 37.2. The first-order valence-electron chi connectivity index (χ1n) is 6.13. The number of carbonyl (C=O) groups is 3. The number of carbonyl (C=O) groups excluding carboxylic acids is 3. The van der Waals surface area contributed by atoms with Crippen molar-refractivity contribution < 1.29 is 19.1 Å². The Balaban J connectivity index is 2.23. The van der Waals surface area contributed by atoms with Gasteiger partial charge >= 0.3 is 5.97 Å². The van der Waals surface area contributed by atoms with E-state index in [1.54, 1.807) is 7.05 Å². The number of methoxy groups -OCH3 is 1. The van der Waals surface area contributed by atoms with Crippen LogP contribution in [0.3, 0.4) is 0 Å². The third kappa shape index (κ3) is 4.44. The van der Waals surface area contributed by atoms with Crippen LogP contribution < -0.4 is 0 Å². The smallest absolute Gasteiger partial charge is 0.305 e. The van der Waals surface area contributed by atoms with Crippen LogP contribution in [0, 0.1) is 0 Å². The first kappa shape index (κ1) is 14.6. The van der Waals surface area contributed by atoms with Gasteiger partial charge in [0.15, 0.2) is 0 Å². The number of hydrogen-bond donors (Lipinski definition) is 0. The molecule has 1 fully saturated rings. The molecular weight excluding hydrogens is 236 g/mol. The summed E-state index contributed by atoms with van der Waals surface area (Å²) in [6, 6.07) is 0. The molecule has 2 amide bonds. The summed E-state index contributed by atoms with van der Waals surface area (Å²) in [7, 11) is 3.16. The summed E-state index contributed by atoms with van der Waals surface area (Å²) in [6.07, 6.45) is 2.22.